The topological polar surface area (TPSA) is 89.8 Å². The van der Waals surface area contributed by atoms with Crippen molar-refractivity contribution in [1.82, 2.24) is 5.32 Å². The molecule has 0 aliphatic carbocycles. The number of aliphatic hydroxyl groups excluding tert-OH is 3. The van der Waals surface area contributed by atoms with E-state index in [1.807, 2.05) is 12.2 Å². The summed E-state index contributed by atoms with van der Waals surface area (Å²) in [5.74, 6) is -0.555. The largest absolute Gasteiger partial charge is 0.394 e. The first kappa shape index (κ1) is 32.6. The van der Waals surface area contributed by atoms with Crippen LogP contribution in [-0.4, -0.2) is 46.1 Å². The van der Waals surface area contributed by atoms with E-state index in [-0.39, 0.29) is 6.61 Å². The van der Waals surface area contributed by atoms with E-state index < -0.39 is 24.2 Å². The standard InChI is InChI=1S/C29H53NO4/c1-3-5-7-9-11-13-14-15-16-18-19-21-23-27(32)26(25-31)30-29(34)28(33)24-22-20-17-12-10-8-6-4-2/h15-17,20-21,23,26-28,31-33H,3-14,18-19,22,24-25H2,1-2H3,(H,30,34)/b16-15+,20-17-,23-21+. The molecular formula is C29H53NO4. The lowest BCUT2D eigenvalue weighted by Crippen LogP contribution is -2.48. The first-order chi connectivity index (χ1) is 16.6. The van der Waals surface area contributed by atoms with Gasteiger partial charge in [0.15, 0.2) is 0 Å². The van der Waals surface area contributed by atoms with Crippen LogP contribution in [0.3, 0.4) is 0 Å². The van der Waals surface area contributed by atoms with E-state index in [4.69, 9.17) is 0 Å². The van der Waals surface area contributed by atoms with Gasteiger partial charge in [0.05, 0.1) is 18.8 Å². The number of rotatable bonds is 23. The zero-order valence-electron chi connectivity index (χ0n) is 22.0. The van der Waals surface area contributed by atoms with Crippen molar-refractivity contribution in [3.63, 3.8) is 0 Å². The molecule has 198 valence electrons. The summed E-state index contributed by atoms with van der Waals surface area (Å²) in [7, 11) is 0. The molecule has 1 amide bonds. The van der Waals surface area contributed by atoms with E-state index in [2.05, 4.69) is 37.4 Å². The zero-order valence-corrected chi connectivity index (χ0v) is 22.0. The molecule has 0 aromatic heterocycles. The van der Waals surface area contributed by atoms with Crippen molar-refractivity contribution in [2.24, 2.45) is 0 Å². The second-order valence-corrected chi connectivity index (χ2v) is 9.24. The normalized spacial score (nSPS) is 14.9. The quantitative estimate of drug-likeness (QED) is 0.105. The molecule has 3 unspecified atom stereocenters. The number of allylic oxidation sites excluding steroid dienone is 5. The molecule has 3 atom stereocenters. The molecule has 0 radical (unpaired) electrons. The molecule has 0 aliphatic heterocycles. The van der Waals surface area contributed by atoms with Gasteiger partial charge in [-0.05, 0) is 51.4 Å². The molecule has 0 aromatic carbocycles. The minimum Gasteiger partial charge on any atom is -0.394 e. The molecule has 0 heterocycles. The second-order valence-electron chi connectivity index (χ2n) is 9.24. The Kier molecular flexibility index (Phi) is 23.6. The van der Waals surface area contributed by atoms with Crippen molar-refractivity contribution in [3.05, 3.63) is 36.5 Å². The molecule has 0 aromatic rings. The molecule has 0 rings (SSSR count). The van der Waals surface area contributed by atoms with Gasteiger partial charge in [0.25, 0.3) is 0 Å². The van der Waals surface area contributed by atoms with E-state index in [1.165, 1.54) is 64.2 Å². The summed E-state index contributed by atoms with van der Waals surface area (Å²) in [6.07, 6.45) is 27.4. The van der Waals surface area contributed by atoms with E-state index in [9.17, 15) is 20.1 Å². The Morgan fingerprint density at radius 3 is 1.82 bits per heavy atom. The van der Waals surface area contributed by atoms with Crippen LogP contribution in [0.25, 0.3) is 0 Å². The zero-order chi connectivity index (χ0) is 25.3. The third kappa shape index (κ3) is 20.0. The Hall–Kier alpha value is -1.43. The van der Waals surface area contributed by atoms with Crippen LogP contribution in [0, 0.1) is 0 Å². The first-order valence-corrected chi connectivity index (χ1v) is 13.8. The number of nitrogens with one attached hydrogen (secondary N) is 1. The van der Waals surface area contributed by atoms with Crippen molar-refractivity contribution < 1.29 is 20.1 Å². The summed E-state index contributed by atoms with van der Waals surface area (Å²) < 4.78 is 0. The van der Waals surface area contributed by atoms with Gasteiger partial charge in [-0.3, -0.25) is 4.79 Å². The van der Waals surface area contributed by atoms with Crippen molar-refractivity contribution in [2.75, 3.05) is 6.61 Å². The summed E-state index contributed by atoms with van der Waals surface area (Å²) in [5, 5.41) is 32.4. The Bertz CT molecular complexity index is 544. The number of carbonyl (C=O) groups is 1. The van der Waals surface area contributed by atoms with Crippen LogP contribution in [0.2, 0.25) is 0 Å². The number of unbranched alkanes of at least 4 members (excludes halogenated alkanes) is 11. The van der Waals surface area contributed by atoms with Gasteiger partial charge in [0.2, 0.25) is 5.91 Å². The summed E-state index contributed by atoms with van der Waals surface area (Å²) in [6.45, 7) is 4.04. The number of hydrogen-bond donors (Lipinski definition) is 4. The fourth-order valence-electron chi connectivity index (χ4n) is 3.67. The Morgan fingerprint density at radius 2 is 1.21 bits per heavy atom. The minimum absolute atomic E-state index is 0.326. The van der Waals surface area contributed by atoms with Crippen LogP contribution in [0.4, 0.5) is 0 Å². The maximum Gasteiger partial charge on any atom is 0.249 e. The fourth-order valence-corrected chi connectivity index (χ4v) is 3.67. The molecule has 4 N–H and O–H groups in total. The third-order valence-electron chi connectivity index (χ3n) is 5.96. The van der Waals surface area contributed by atoms with Gasteiger partial charge in [-0.1, -0.05) is 102 Å². The average Bonchev–Trinajstić information content (AvgIpc) is 2.84. The van der Waals surface area contributed by atoms with Crippen LogP contribution in [0.1, 0.15) is 117 Å². The molecule has 0 aliphatic rings. The molecule has 0 saturated carbocycles. The van der Waals surface area contributed by atoms with Crippen LogP contribution in [0.5, 0.6) is 0 Å². The van der Waals surface area contributed by atoms with E-state index in [0.717, 1.165) is 25.7 Å². The van der Waals surface area contributed by atoms with Crippen molar-refractivity contribution >= 4 is 5.91 Å². The van der Waals surface area contributed by atoms with Crippen molar-refractivity contribution in [1.29, 1.82) is 0 Å². The third-order valence-corrected chi connectivity index (χ3v) is 5.96. The lowest BCUT2D eigenvalue weighted by molar-refractivity contribution is -0.131. The number of carbonyl (C=O) groups excluding carboxylic acids is 1. The van der Waals surface area contributed by atoms with E-state index in [0.29, 0.717) is 12.8 Å². The highest BCUT2D eigenvalue weighted by Crippen LogP contribution is 2.08. The number of amides is 1. The lowest BCUT2D eigenvalue weighted by Gasteiger charge is -2.21. The lowest BCUT2D eigenvalue weighted by atomic mass is 10.1. The Morgan fingerprint density at radius 1 is 0.706 bits per heavy atom. The maximum atomic E-state index is 12.2. The van der Waals surface area contributed by atoms with Crippen molar-refractivity contribution in [2.45, 2.75) is 135 Å². The molecule has 0 saturated heterocycles. The molecule has 5 nitrogen and oxygen atoms in total. The molecule has 5 heteroatoms. The highest BCUT2D eigenvalue weighted by Gasteiger charge is 2.22. The first-order valence-electron chi connectivity index (χ1n) is 13.8. The average molecular weight is 480 g/mol. The smallest absolute Gasteiger partial charge is 0.249 e. The van der Waals surface area contributed by atoms with E-state index >= 15 is 0 Å². The minimum atomic E-state index is -1.15. The highest BCUT2D eigenvalue weighted by atomic mass is 16.3. The van der Waals surface area contributed by atoms with Crippen molar-refractivity contribution in [3.8, 4) is 0 Å². The fraction of sp³-hybridized carbons (Fsp3) is 0.759. The van der Waals surface area contributed by atoms with Gasteiger partial charge in [-0.15, -0.1) is 0 Å². The highest BCUT2D eigenvalue weighted by molar-refractivity contribution is 5.80. The van der Waals surface area contributed by atoms with E-state index in [1.54, 1.807) is 6.08 Å². The van der Waals surface area contributed by atoms with Crippen LogP contribution in [0.15, 0.2) is 36.5 Å². The van der Waals surface area contributed by atoms with Gasteiger partial charge < -0.3 is 20.6 Å². The molecule has 0 bridgehead atoms. The summed E-state index contributed by atoms with van der Waals surface area (Å²) in [4.78, 5) is 12.2. The van der Waals surface area contributed by atoms with Gasteiger partial charge in [0.1, 0.15) is 6.10 Å². The summed E-state index contributed by atoms with van der Waals surface area (Å²) in [6, 6.07) is -0.823. The summed E-state index contributed by atoms with van der Waals surface area (Å²) in [5.41, 5.74) is 0. The van der Waals surface area contributed by atoms with Gasteiger partial charge in [0, 0.05) is 0 Å². The molecule has 0 spiro atoms. The number of aliphatic hydroxyl groups is 3. The van der Waals surface area contributed by atoms with Crippen LogP contribution in [-0.2, 0) is 4.79 Å². The predicted octanol–water partition coefficient (Wildman–Crippen LogP) is 6.14. The number of hydrogen-bond acceptors (Lipinski definition) is 4. The monoisotopic (exact) mass is 479 g/mol. The van der Waals surface area contributed by atoms with Crippen LogP contribution < -0.4 is 5.32 Å². The summed E-state index contributed by atoms with van der Waals surface area (Å²) >= 11 is 0. The maximum absolute atomic E-state index is 12.2. The second kappa shape index (κ2) is 24.7. The van der Waals surface area contributed by atoms with Gasteiger partial charge in [-0.2, -0.15) is 0 Å². The Balaban J connectivity index is 4.01. The van der Waals surface area contributed by atoms with Crippen LogP contribution >= 0.6 is 0 Å². The Labute approximate surface area is 209 Å². The SMILES string of the molecule is CCCCCC/C=C\CCC(O)C(=O)NC(CO)C(O)/C=C/CC/C=C/CCCCCCCC. The molecule has 34 heavy (non-hydrogen) atoms. The predicted molar refractivity (Wildman–Crippen MR) is 144 cm³/mol. The molecular weight excluding hydrogens is 426 g/mol. The van der Waals surface area contributed by atoms with Gasteiger partial charge >= 0.3 is 0 Å². The molecule has 0 fully saturated rings. The van der Waals surface area contributed by atoms with Gasteiger partial charge in [-0.25, -0.2) is 0 Å².